The fraction of sp³-hybridized carbons (Fsp3) is 0.533. The van der Waals surface area contributed by atoms with Crippen molar-refractivity contribution in [1.82, 2.24) is 5.32 Å². The van der Waals surface area contributed by atoms with Gasteiger partial charge < -0.3 is 10.4 Å². The van der Waals surface area contributed by atoms with Crippen molar-refractivity contribution in [1.29, 1.82) is 0 Å². The van der Waals surface area contributed by atoms with Crippen LogP contribution < -0.4 is 5.32 Å². The number of carboxylic acids is 1. The Hall–Kier alpha value is -1.40. The molecule has 0 spiro atoms. The molecule has 118 valence electrons. The van der Waals surface area contributed by atoms with Crippen LogP contribution in [0.5, 0.6) is 0 Å². The number of carbonyl (C=O) groups is 1. The lowest BCUT2D eigenvalue weighted by Crippen LogP contribution is -2.41. The minimum absolute atomic E-state index is 0.360. The maximum Gasteiger partial charge on any atom is 0.310 e. The molecule has 0 aliphatic rings. The topological polar surface area (TPSA) is 83.5 Å². The Bertz CT molecular complexity index is 591. The second-order valence-corrected chi connectivity index (χ2v) is 8.59. The van der Waals surface area contributed by atoms with Gasteiger partial charge in [0.2, 0.25) is 0 Å². The molecular formula is C15H23NO4S. The van der Waals surface area contributed by atoms with E-state index in [9.17, 15) is 13.2 Å². The standard InChI is InChI=1S/C15H23NO4S/c1-11(14(17)18)13-7-5-12(6-8-13)9-16-10-15(2,3)21(4,19)20/h5-8,11,16H,9-10H2,1-4H3,(H,17,18). The SMILES string of the molecule is CC(C(=O)O)c1ccc(CNCC(C)(C)S(C)(=O)=O)cc1. The Morgan fingerprint density at radius 1 is 1.29 bits per heavy atom. The first-order chi connectivity index (χ1) is 9.54. The molecule has 6 heteroatoms. The van der Waals surface area contributed by atoms with Crippen LogP contribution in [0.3, 0.4) is 0 Å². The summed E-state index contributed by atoms with van der Waals surface area (Å²) in [4.78, 5) is 10.9. The quantitative estimate of drug-likeness (QED) is 0.802. The first kappa shape index (κ1) is 17.7. The third-order valence-electron chi connectivity index (χ3n) is 3.73. The van der Waals surface area contributed by atoms with Crippen molar-refractivity contribution in [3.63, 3.8) is 0 Å². The molecule has 0 bridgehead atoms. The molecule has 0 aliphatic carbocycles. The zero-order chi connectivity index (χ0) is 16.3. The number of benzene rings is 1. The van der Waals surface area contributed by atoms with Crippen molar-refractivity contribution in [2.75, 3.05) is 12.8 Å². The third kappa shape index (κ3) is 4.82. The molecule has 21 heavy (non-hydrogen) atoms. The summed E-state index contributed by atoms with van der Waals surface area (Å²) in [6.45, 7) is 5.92. The molecule has 1 aromatic rings. The van der Waals surface area contributed by atoms with E-state index in [-0.39, 0.29) is 0 Å². The average molecular weight is 313 g/mol. The van der Waals surface area contributed by atoms with Crippen molar-refractivity contribution >= 4 is 15.8 Å². The van der Waals surface area contributed by atoms with Crippen molar-refractivity contribution in [2.45, 2.75) is 38.0 Å². The summed E-state index contributed by atoms with van der Waals surface area (Å²) in [6.07, 6.45) is 1.23. The molecule has 1 atom stereocenters. The number of nitrogens with one attached hydrogen (secondary N) is 1. The Morgan fingerprint density at radius 3 is 2.24 bits per heavy atom. The molecule has 0 saturated carbocycles. The lowest BCUT2D eigenvalue weighted by molar-refractivity contribution is -0.138. The molecule has 1 aromatic carbocycles. The number of rotatable bonds is 7. The van der Waals surface area contributed by atoms with Crippen LogP contribution in [0, 0.1) is 0 Å². The van der Waals surface area contributed by atoms with E-state index in [1.165, 1.54) is 6.26 Å². The highest BCUT2D eigenvalue weighted by molar-refractivity contribution is 7.92. The molecule has 1 rings (SSSR count). The van der Waals surface area contributed by atoms with Crippen molar-refractivity contribution < 1.29 is 18.3 Å². The van der Waals surface area contributed by atoms with E-state index in [0.29, 0.717) is 13.1 Å². The molecule has 0 radical (unpaired) electrons. The predicted octanol–water partition coefficient (Wildman–Crippen LogP) is 1.79. The first-order valence-electron chi connectivity index (χ1n) is 6.76. The van der Waals surface area contributed by atoms with Gasteiger partial charge in [0.05, 0.1) is 10.7 Å². The van der Waals surface area contributed by atoms with Gasteiger partial charge in [-0.1, -0.05) is 24.3 Å². The molecule has 2 N–H and O–H groups in total. The third-order valence-corrected chi connectivity index (χ3v) is 5.89. The number of hydrogen-bond acceptors (Lipinski definition) is 4. The van der Waals surface area contributed by atoms with Crippen molar-refractivity contribution in [3.05, 3.63) is 35.4 Å². The van der Waals surface area contributed by atoms with Gasteiger partial charge in [-0.05, 0) is 31.9 Å². The Kier molecular flexibility index (Phi) is 5.53. The van der Waals surface area contributed by atoms with E-state index in [2.05, 4.69) is 5.32 Å². The minimum atomic E-state index is -3.11. The van der Waals surface area contributed by atoms with Crippen LogP contribution in [0.25, 0.3) is 0 Å². The molecular weight excluding hydrogens is 290 g/mol. The van der Waals surface area contributed by atoms with Crippen LogP contribution in [0.2, 0.25) is 0 Å². The van der Waals surface area contributed by atoms with Crippen molar-refractivity contribution in [2.24, 2.45) is 0 Å². The summed E-state index contributed by atoms with van der Waals surface area (Å²) in [5.74, 6) is -1.38. The molecule has 5 nitrogen and oxygen atoms in total. The number of hydrogen-bond donors (Lipinski definition) is 2. The number of carboxylic acid groups (broad SMARTS) is 1. The van der Waals surface area contributed by atoms with E-state index in [0.717, 1.165) is 11.1 Å². The summed E-state index contributed by atoms with van der Waals surface area (Å²) in [7, 11) is -3.11. The summed E-state index contributed by atoms with van der Waals surface area (Å²) in [6, 6.07) is 7.29. The van der Waals surface area contributed by atoms with Gasteiger partial charge in [-0.2, -0.15) is 0 Å². The fourth-order valence-corrected chi connectivity index (χ4v) is 2.07. The lowest BCUT2D eigenvalue weighted by Gasteiger charge is -2.22. The number of aliphatic carboxylic acids is 1. The van der Waals surface area contributed by atoms with Gasteiger partial charge in [-0.3, -0.25) is 4.79 Å². The van der Waals surface area contributed by atoms with Gasteiger partial charge in [0.1, 0.15) is 0 Å². The minimum Gasteiger partial charge on any atom is -0.481 e. The zero-order valence-electron chi connectivity index (χ0n) is 12.9. The van der Waals surface area contributed by atoms with Crippen LogP contribution in [0.15, 0.2) is 24.3 Å². The highest BCUT2D eigenvalue weighted by Gasteiger charge is 2.29. The lowest BCUT2D eigenvalue weighted by atomic mass is 10.00. The monoisotopic (exact) mass is 313 g/mol. The van der Waals surface area contributed by atoms with Gasteiger partial charge in [0, 0.05) is 19.3 Å². The van der Waals surface area contributed by atoms with Crippen LogP contribution in [-0.2, 0) is 21.2 Å². The zero-order valence-corrected chi connectivity index (χ0v) is 13.7. The normalized spacial score (nSPS) is 13.9. The smallest absolute Gasteiger partial charge is 0.310 e. The van der Waals surface area contributed by atoms with Crippen LogP contribution >= 0.6 is 0 Å². The number of sulfone groups is 1. The van der Waals surface area contributed by atoms with E-state index in [1.807, 2.05) is 12.1 Å². The first-order valence-corrected chi connectivity index (χ1v) is 8.66. The predicted molar refractivity (Wildman–Crippen MR) is 83.1 cm³/mol. The Morgan fingerprint density at radius 2 is 1.81 bits per heavy atom. The largest absolute Gasteiger partial charge is 0.481 e. The van der Waals surface area contributed by atoms with Gasteiger partial charge >= 0.3 is 5.97 Å². The summed E-state index contributed by atoms with van der Waals surface area (Å²) < 4.78 is 22.4. The summed E-state index contributed by atoms with van der Waals surface area (Å²) >= 11 is 0. The van der Waals surface area contributed by atoms with E-state index in [4.69, 9.17) is 5.11 Å². The van der Waals surface area contributed by atoms with Gasteiger partial charge in [-0.25, -0.2) is 8.42 Å². The molecule has 0 fully saturated rings. The van der Waals surface area contributed by atoms with Gasteiger partial charge in [0.15, 0.2) is 9.84 Å². The average Bonchev–Trinajstić information content (AvgIpc) is 2.37. The summed E-state index contributed by atoms with van der Waals surface area (Å²) in [5.41, 5.74) is 1.74. The van der Waals surface area contributed by atoms with Crippen molar-refractivity contribution in [3.8, 4) is 0 Å². The summed E-state index contributed by atoms with van der Waals surface area (Å²) in [5, 5.41) is 12.1. The molecule has 1 unspecified atom stereocenters. The Labute approximate surface area is 126 Å². The maximum atomic E-state index is 11.6. The molecule has 0 saturated heterocycles. The van der Waals surface area contributed by atoms with Crippen LogP contribution in [0.4, 0.5) is 0 Å². The van der Waals surface area contributed by atoms with E-state index < -0.39 is 26.5 Å². The molecule has 0 heterocycles. The van der Waals surface area contributed by atoms with Gasteiger partial charge in [0.25, 0.3) is 0 Å². The van der Waals surface area contributed by atoms with E-state index >= 15 is 0 Å². The van der Waals surface area contributed by atoms with Crippen LogP contribution in [-0.4, -0.2) is 37.0 Å². The van der Waals surface area contributed by atoms with Gasteiger partial charge in [-0.15, -0.1) is 0 Å². The Balaban J connectivity index is 2.60. The van der Waals surface area contributed by atoms with E-state index in [1.54, 1.807) is 32.9 Å². The second-order valence-electron chi connectivity index (χ2n) is 5.94. The van der Waals surface area contributed by atoms with Crippen LogP contribution in [0.1, 0.15) is 37.8 Å². The molecule has 0 amide bonds. The highest BCUT2D eigenvalue weighted by Crippen LogP contribution is 2.17. The fourth-order valence-electron chi connectivity index (χ4n) is 1.71. The highest BCUT2D eigenvalue weighted by atomic mass is 32.2. The molecule has 0 aromatic heterocycles. The maximum absolute atomic E-state index is 11.6. The molecule has 0 aliphatic heterocycles. The second kappa shape index (κ2) is 6.58.